The number of anilines is 1. The number of carbonyl (C=O) groups is 1. The minimum Gasteiger partial charge on any atom is -0.384 e. The fraction of sp³-hybridized carbons (Fsp3) is 0.500. The molecular formula is C12H16BrN3O2. The Bertz CT molecular complexity index is 431. The van der Waals surface area contributed by atoms with Crippen LogP contribution in [0.1, 0.15) is 6.92 Å². The van der Waals surface area contributed by atoms with Crippen LogP contribution < -0.4 is 4.90 Å². The third-order valence-corrected chi connectivity index (χ3v) is 3.65. The van der Waals surface area contributed by atoms with Crippen molar-refractivity contribution in [3.8, 4) is 0 Å². The zero-order chi connectivity index (χ0) is 13.1. The van der Waals surface area contributed by atoms with E-state index in [1.165, 1.54) is 6.92 Å². The Morgan fingerprint density at radius 1 is 1.44 bits per heavy atom. The van der Waals surface area contributed by atoms with Gasteiger partial charge in [-0.05, 0) is 28.9 Å². The maximum absolute atomic E-state index is 11.6. The summed E-state index contributed by atoms with van der Waals surface area (Å²) >= 11 is 3.47. The van der Waals surface area contributed by atoms with Gasteiger partial charge in [0.25, 0.3) is 5.91 Å². The lowest BCUT2D eigenvalue weighted by atomic mass is 10.2. The number of aromatic nitrogens is 1. The van der Waals surface area contributed by atoms with E-state index >= 15 is 0 Å². The molecule has 0 aliphatic carbocycles. The average Bonchev–Trinajstić information content (AvgIpc) is 2.38. The molecular weight excluding hydrogens is 298 g/mol. The summed E-state index contributed by atoms with van der Waals surface area (Å²) in [7, 11) is 0. The highest BCUT2D eigenvalue weighted by Crippen LogP contribution is 2.25. The van der Waals surface area contributed by atoms with Crippen molar-refractivity contribution in [2.75, 3.05) is 31.1 Å². The lowest BCUT2D eigenvalue weighted by Gasteiger charge is -2.36. The van der Waals surface area contributed by atoms with Crippen molar-refractivity contribution in [2.45, 2.75) is 13.0 Å². The van der Waals surface area contributed by atoms with E-state index in [0.717, 1.165) is 23.2 Å². The second-order valence-electron chi connectivity index (χ2n) is 4.32. The molecule has 0 radical (unpaired) electrons. The predicted molar refractivity (Wildman–Crippen MR) is 72.4 cm³/mol. The summed E-state index contributed by atoms with van der Waals surface area (Å²) in [5, 5.41) is 9.28. The summed E-state index contributed by atoms with van der Waals surface area (Å²) in [5.74, 6) is -0.191. The molecule has 2 rings (SSSR count). The van der Waals surface area contributed by atoms with Gasteiger partial charge in [-0.3, -0.25) is 9.78 Å². The van der Waals surface area contributed by atoms with Crippen molar-refractivity contribution in [3.63, 3.8) is 0 Å². The minimum absolute atomic E-state index is 0.191. The number of hydrogen-bond donors (Lipinski definition) is 1. The number of hydrogen-bond acceptors (Lipinski definition) is 4. The van der Waals surface area contributed by atoms with Gasteiger partial charge in [0.15, 0.2) is 0 Å². The van der Waals surface area contributed by atoms with Crippen molar-refractivity contribution >= 4 is 27.5 Å². The molecule has 1 unspecified atom stereocenters. The van der Waals surface area contributed by atoms with Crippen LogP contribution in [0.25, 0.3) is 0 Å². The Kier molecular flexibility index (Phi) is 4.19. The van der Waals surface area contributed by atoms with Crippen LogP contribution >= 0.6 is 15.9 Å². The number of carbonyl (C=O) groups excluding carboxylic acids is 1. The van der Waals surface area contributed by atoms with E-state index in [1.807, 2.05) is 6.07 Å². The zero-order valence-corrected chi connectivity index (χ0v) is 11.8. The number of rotatable bonds is 2. The third-order valence-electron chi connectivity index (χ3n) is 3.04. The largest absolute Gasteiger partial charge is 0.384 e. The van der Waals surface area contributed by atoms with E-state index in [9.17, 15) is 9.90 Å². The van der Waals surface area contributed by atoms with Gasteiger partial charge in [0.2, 0.25) is 0 Å². The van der Waals surface area contributed by atoms with E-state index < -0.39 is 6.10 Å². The van der Waals surface area contributed by atoms with Crippen LogP contribution in [-0.2, 0) is 4.79 Å². The van der Waals surface area contributed by atoms with Crippen molar-refractivity contribution in [3.05, 3.63) is 22.9 Å². The molecule has 1 atom stereocenters. The number of nitrogens with zero attached hydrogens (tertiary/aromatic N) is 3. The van der Waals surface area contributed by atoms with Crippen LogP contribution in [0.3, 0.4) is 0 Å². The van der Waals surface area contributed by atoms with Crippen molar-refractivity contribution in [1.82, 2.24) is 9.88 Å². The first-order valence-corrected chi connectivity index (χ1v) is 6.70. The Balaban J connectivity index is 1.99. The summed E-state index contributed by atoms with van der Waals surface area (Å²) < 4.78 is 0.959. The molecule has 0 aromatic carbocycles. The molecule has 6 heteroatoms. The molecule has 1 aliphatic heterocycles. The van der Waals surface area contributed by atoms with E-state index in [1.54, 1.807) is 17.3 Å². The van der Waals surface area contributed by atoms with Crippen LogP contribution in [0.5, 0.6) is 0 Å². The monoisotopic (exact) mass is 313 g/mol. The molecule has 1 amide bonds. The lowest BCUT2D eigenvalue weighted by molar-refractivity contribution is -0.139. The summed E-state index contributed by atoms with van der Waals surface area (Å²) in [4.78, 5) is 19.6. The highest BCUT2D eigenvalue weighted by Gasteiger charge is 2.24. The fourth-order valence-electron chi connectivity index (χ4n) is 2.06. The van der Waals surface area contributed by atoms with Crippen molar-refractivity contribution < 1.29 is 9.90 Å². The normalized spacial score (nSPS) is 17.7. The summed E-state index contributed by atoms with van der Waals surface area (Å²) in [5.41, 5.74) is 1.09. The second kappa shape index (κ2) is 5.67. The summed E-state index contributed by atoms with van der Waals surface area (Å²) in [6.07, 6.45) is 2.61. The number of pyridine rings is 1. The van der Waals surface area contributed by atoms with Crippen LogP contribution in [0, 0.1) is 0 Å². The van der Waals surface area contributed by atoms with Gasteiger partial charge in [-0.2, -0.15) is 0 Å². The molecule has 1 fully saturated rings. The Morgan fingerprint density at radius 2 is 2.11 bits per heavy atom. The van der Waals surface area contributed by atoms with Gasteiger partial charge in [-0.25, -0.2) is 0 Å². The molecule has 1 aliphatic rings. The number of amides is 1. The van der Waals surface area contributed by atoms with Crippen LogP contribution in [0.4, 0.5) is 5.69 Å². The smallest absolute Gasteiger partial charge is 0.251 e. The molecule has 2 heterocycles. The van der Waals surface area contributed by atoms with Gasteiger partial charge >= 0.3 is 0 Å². The second-order valence-corrected chi connectivity index (χ2v) is 5.17. The number of halogens is 1. The maximum atomic E-state index is 11.6. The van der Waals surface area contributed by atoms with Gasteiger partial charge in [0, 0.05) is 38.6 Å². The summed E-state index contributed by atoms with van der Waals surface area (Å²) in [6, 6.07) is 1.95. The molecule has 0 bridgehead atoms. The van der Waals surface area contributed by atoms with Crippen molar-refractivity contribution in [1.29, 1.82) is 0 Å². The lowest BCUT2D eigenvalue weighted by Crippen LogP contribution is -2.51. The molecule has 5 nitrogen and oxygen atoms in total. The molecule has 1 aromatic rings. The quantitative estimate of drug-likeness (QED) is 0.880. The zero-order valence-electron chi connectivity index (χ0n) is 10.2. The Labute approximate surface area is 115 Å². The fourth-order valence-corrected chi connectivity index (χ4v) is 2.56. The first-order valence-electron chi connectivity index (χ1n) is 5.91. The van der Waals surface area contributed by atoms with Crippen molar-refractivity contribution in [2.24, 2.45) is 0 Å². The predicted octanol–water partition coefficient (Wildman–Crippen LogP) is 0.873. The highest BCUT2D eigenvalue weighted by atomic mass is 79.9. The Morgan fingerprint density at radius 3 is 2.67 bits per heavy atom. The Hall–Kier alpha value is -1.14. The van der Waals surface area contributed by atoms with Gasteiger partial charge in [-0.15, -0.1) is 0 Å². The number of aliphatic hydroxyl groups is 1. The summed E-state index contributed by atoms with van der Waals surface area (Å²) in [6.45, 7) is 4.31. The molecule has 1 aromatic heterocycles. The van der Waals surface area contributed by atoms with Gasteiger partial charge in [0.1, 0.15) is 6.10 Å². The third kappa shape index (κ3) is 2.81. The van der Waals surface area contributed by atoms with E-state index in [-0.39, 0.29) is 5.91 Å². The highest BCUT2D eigenvalue weighted by molar-refractivity contribution is 9.10. The van der Waals surface area contributed by atoms with Gasteiger partial charge < -0.3 is 14.9 Å². The number of aliphatic hydroxyl groups excluding tert-OH is 1. The average molecular weight is 314 g/mol. The topological polar surface area (TPSA) is 56.7 Å². The van der Waals surface area contributed by atoms with Crippen LogP contribution in [-0.4, -0.2) is 53.2 Å². The number of piperazine rings is 1. The maximum Gasteiger partial charge on any atom is 0.251 e. The van der Waals surface area contributed by atoms with Crippen LogP contribution in [0.15, 0.2) is 22.9 Å². The molecule has 1 N–H and O–H groups in total. The van der Waals surface area contributed by atoms with E-state index in [2.05, 4.69) is 25.8 Å². The minimum atomic E-state index is -0.913. The molecule has 0 saturated carbocycles. The van der Waals surface area contributed by atoms with Gasteiger partial charge in [0.05, 0.1) is 10.2 Å². The molecule has 0 spiro atoms. The standard InChI is InChI=1S/C12H16BrN3O2/c1-9(17)12(18)16-6-4-15(5-7-16)11-2-3-14-8-10(11)13/h2-3,8-9,17H,4-7H2,1H3. The molecule has 18 heavy (non-hydrogen) atoms. The van der Waals surface area contributed by atoms with E-state index in [4.69, 9.17) is 0 Å². The van der Waals surface area contributed by atoms with Crippen LogP contribution in [0.2, 0.25) is 0 Å². The SMILES string of the molecule is CC(O)C(=O)N1CCN(c2ccncc2Br)CC1. The van der Waals surface area contributed by atoms with Gasteiger partial charge in [-0.1, -0.05) is 0 Å². The molecule has 1 saturated heterocycles. The molecule has 98 valence electrons. The van der Waals surface area contributed by atoms with E-state index in [0.29, 0.717) is 13.1 Å². The first-order chi connectivity index (χ1) is 8.59. The first kappa shape index (κ1) is 13.3.